The second-order valence-corrected chi connectivity index (χ2v) is 5.29. The van der Waals surface area contributed by atoms with E-state index in [-0.39, 0.29) is 6.61 Å². The zero-order valence-electron chi connectivity index (χ0n) is 11.7. The summed E-state index contributed by atoms with van der Waals surface area (Å²) in [7, 11) is 0. The molecule has 1 atom stereocenters. The van der Waals surface area contributed by atoms with Gasteiger partial charge in [0.25, 0.3) is 0 Å². The molecule has 0 saturated carbocycles. The van der Waals surface area contributed by atoms with Crippen molar-refractivity contribution in [1.82, 2.24) is 0 Å². The van der Waals surface area contributed by atoms with E-state index in [9.17, 15) is 9.90 Å². The van der Waals surface area contributed by atoms with Gasteiger partial charge in [-0.05, 0) is 24.0 Å². The Hall–Kier alpha value is -1.55. The Morgan fingerprint density at radius 1 is 1.47 bits per heavy atom. The van der Waals surface area contributed by atoms with Crippen LogP contribution < -0.4 is 4.90 Å². The molecule has 4 nitrogen and oxygen atoms in total. The first-order valence-electron chi connectivity index (χ1n) is 6.69. The van der Waals surface area contributed by atoms with E-state index in [1.54, 1.807) is 0 Å². The fourth-order valence-corrected chi connectivity index (χ4v) is 2.62. The number of benzene rings is 1. The molecule has 0 amide bonds. The van der Waals surface area contributed by atoms with Crippen molar-refractivity contribution in [2.75, 3.05) is 24.7 Å². The number of hydrogen-bond acceptors (Lipinski definition) is 3. The predicted octanol–water partition coefficient (Wildman–Crippen LogP) is 2.41. The number of rotatable bonds is 3. The molecule has 1 aliphatic heterocycles. The highest BCUT2D eigenvalue weighted by molar-refractivity contribution is 5.80. The van der Waals surface area contributed by atoms with E-state index < -0.39 is 12.0 Å². The number of carbonyl (C=O) groups is 1. The van der Waals surface area contributed by atoms with Crippen LogP contribution in [0.25, 0.3) is 0 Å². The van der Waals surface area contributed by atoms with Gasteiger partial charge >= 0.3 is 5.97 Å². The molecule has 1 fully saturated rings. The van der Waals surface area contributed by atoms with Gasteiger partial charge in [-0.15, -0.1) is 0 Å². The lowest BCUT2D eigenvalue weighted by molar-refractivity contribution is -0.141. The molecule has 0 spiro atoms. The molecule has 1 saturated heterocycles. The Morgan fingerprint density at radius 2 is 2.21 bits per heavy atom. The highest BCUT2D eigenvalue weighted by Crippen LogP contribution is 2.33. The summed E-state index contributed by atoms with van der Waals surface area (Å²) < 4.78 is 5.31. The van der Waals surface area contributed by atoms with Crippen molar-refractivity contribution >= 4 is 11.7 Å². The number of anilines is 1. The van der Waals surface area contributed by atoms with E-state index in [0.29, 0.717) is 19.1 Å². The van der Waals surface area contributed by atoms with E-state index in [1.165, 1.54) is 5.56 Å². The smallest absolute Gasteiger partial charge is 0.328 e. The molecular weight excluding hydrogens is 242 g/mol. The third kappa shape index (κ3) is 2.73. The quantitative estimate of drug-likeness (QED) is 0.910. The number of carboxylic acid groups (broad SMARTS) is 1. The van der Waals surface area contributed by atoms with Crippen molar-refractivity contribution in [3.8, 4) is 0 Å². The number of aryl methyl sites for hydroxylation is 1. The zero-order chi connectivity index (χ0) is 14.0. The Labute approximate surface area is 114 Å². The second-order valence-electron chi connectivity index (χ2n) is 5.29. The van der Waals surface area contributed by atoms with Crippen LogP contribution in [0.4, 0.5) is 5.69 Å². The van der Waals surface area contributed by atoms with E-state index in [0.717, 1.165) is 11.3 Å². The summed E-state index contributed by atoms with van der Waals surface area (Å²) in [5.41, 5.74) is 3.39. The Balaban J connectivity index is 2.46. The van der Waals surface area contributed by atoms with Crippen molar-refractivity contribution in [2.24, 2.45) is 0 Å². The maximum atomic E-state index is 11.4. The normalized spacial score (nSPS) is 19.8. The highest BCUT2D eigenvalue weighted by Gasteiger charge is 2.31. The predicted molar refractivity (Wildman–Crippen MR) is 74.9 cm³/mol. The first kappa shape index (κ1) is 13.9. The summed E-state index contributed by atoms with van der Waals surface area (Å²) in [5.74, 6) is -0.454. The largest absolute Gasteiger partial charge is 0.480 e. The molecule has 19 heavy (non-hydrogen) atoms. The first-order chi connectivity index (χ1) is 9.02. The molecule has 1 aromatic carbocycles. The van der Waals surface area contributed by atoms with Crippen LogP contribution in [-0.2, 0) is 9.53 Å². The lowest BCUT2D eigenvalue weighted by Crippen LogP contribution is -2.50. The third-order valence-electron chi connectivity index (χ3n) is 3.59. The van der Waals surface area contributed by atoms with E-state index in [1.807, 2.05) is 24.0 Å². The lowest BCUT2D eigenvalue weighted by Gasteiger charge is -2.37. The van der Waals surface area contributed by atoms with Crippen molar-refractivity contribution in [1.29, 1.82) is 0 Å². The lowest BCUT2D eigenvalue weighted by atomic mass is 9.96. The van der Waals surface area contributed by atoms with Crippen molar-refractivity contribution < 1.29 is 14.6 Å². The maximum absolute atomic E-state index is 11.4. The minimum atomic E-state index is -0.822. The minimum Gasteiger partial charge on any atom is -0.480 e. The number of aliphatic carboxylic acids is 1. The van der Waals surface area contributed by atoms with Gasteiger partial charge in [-0.3, -0.25) is 0 Å². The molecule has 1 aromatic rings. The number of para-hydroxylation sites is 1. The van der Waals surface area contributed by atoms with Crippen LogP contribution in [0.3, 0.4) is 0 Å². The van der Waals surface area contributed by atoms with Crippen LogP contribution in [0.1, 0.15) is 30.9 Å². The van der Waals surface area contributed by atoms with Gasteiger partial charge in [-0.25, -0.2) is 4.79 Å². The van der Waals surface area contributed by atoms with Crippen molar-refractivity contribution in [3.05, 3.63) is 29.3 Å². The van der Waals surface area contributed by atoms with Gasteiger partial charge in [0.15, 0.2) is 6.04 Å². The molecular formula is C15H21NO3. The number of ether oxygens (including phenoxy) is 1. The summed E-state index contributed by atoms with van der Waals surface area (Å²) in [6.45, 7) is 7.76. The summed E-state index contributed by atoms with van der Waals surface area (Å²) in [4.78, 5) is 13.4. The van der Waals surface area contributed by atoms with Gasteiger partial charge in [0.2, 0.25) is 0 Å². The van der Waals surface area contributed by atoms with Gasteiger partial charge < -0.3 is 14.7 Å². The maximum Gasteiger partial charge on any atom is 0.328 e. The fraction of sp³-hybridized carbons (Fsp3) is 0.533. The molecule has 1 N–H and O–H groups in total. The summed E-state index contributed by atoms with van der Waals surface area (Å²) in [6.07, 6.45) is 0. The third-order valence-corrected chi connectivity index (χ3v) is 3.59. The van der Waals surface area contributed by atoms with Gasteiger partial charge in [-0.2, -0.15) is 0 Å². The van der Waals surface area contributed by atoms with Crippen molar-refractivity contribution in [2.45, 2.75) is 32.7 Å². The number of hydrogen-bond donors (Lipinski definition) is 1. The molecule has 1 aliphatic rings. The van der Waals surface area contributed by atoms with Crippen LogP contribution in [-0.4, -0.2) is 36.9 Å². The number of carboxylic acids is 1. The van der Waals surface area contributed by atoms with E-state index in [4.69, 9.17) is 4.74 Å². The van der Waals surface area contributed by atoms with E-state index in [2.05, 4.69) is 19.9 Å². The van der Waals surface area contributed by atoms with Crippen molar-refractivity contribution in [3.63, 3.8) is 0 Å². The highest BCUT2D eigenvalue weighted by atomic mass is 16.5. The topological polar surface area (TPSA) is 49.8 Å². The second kappa shape index (κ2) is 5.61. The molecule has 2 rings (SSSR count). The average Bonchev–Trinajstić information content (AvgIpc) is 2.38. The van der Waals surface area contributed by atoms with Gasteiger partial charge in [-0.1, -0.05) is 32.0 Å². The zero-order valence-corrected chi connectivity index (χ0v) is 11.7. The molecule has 1 heterocycles. The van der Waals surface area contributed by atoms with Gasteiger partial charge in [0.1, 0.15) is 0 Å². The minimum absolute atomic E-state index is 0.251. The summed E-state index contributed by atoms with van der Waals surface area (Å²) >= 11 is 0. The van der Waals surface area contributed by atoms with Gasteiger partial charge in [0.05, 0.1) is 13.2 Å². The average molecular weight is 263 g/mol. The summed E-state index contributed by atoms with van der Waals surface area (Å²) in [6, 6.07) is 5.56. The first-order valence-corrected chi connectivity index (χ1v) is 6.69. The van der Waals surface area contributed by atoms with E-state index >= 15 is 0 Å². The van der Waals surface area contributed by atoms with Crippen LogP contribution in [0.5, 0.6) is 0 Å². The molecule has 4 heteroatoms. The number of nitrogens with zero attached hydrogens (tertiary/aromatic N) is 1. The Bertz CT molecular complexity index is 470. The van der Waals surface area contributed by atoms with Crippen LogP contribution >= 0.6 is 0 Å². The van der Waals surface area contributed by atoms with Crippen LogP contribution in [0, 0.1) is 6.92 Å². The monoisotopic (exact) mass is 263 g/mol. The standard InChI is InChI=1S/C15H21NO3/c1-10(2)12-6-4-5-11(3)14(12)16-7-8-19-9-13(16)15(17)18/h4-6,10,13H,7-9H2,1-3H3,(H,17,18). The summed E-state index contributed by atoms with van der Waals surface area (Å²) in [5, 5.41) is 9.37. The molecule has 0 aliphatic carbocycles. The fourth-order valence-electron chi connectivity index (χ4n) is 2.62. The van der Waals surface area contributed by atoms with Gasteiger partial charge in [0, 0.05) is 12.2 Å². The Kier molecular flexibility index (Phi) is 4.10. The molecule has 0 aromatic heterocycles. The SMILES string of the molecule is Cc1cccc(C(C)C)c1N1CCOCC1C(=O)O. The van der Waals surface area contributed by atoms with Crippen LogP contribution in [0.2, 0.25) is 0 Å². The molecule has 0 bridgehead atoms. The number of morpholine rings is 1. The van der Waals surface area contributed by atoms with Crippen LogP contribution in [0.15, 0.2) is 18.2 Å². The Morgan fingerprint density at radius 3 is 2.84 bits per heavy atom. The molecule has 104 valence electrons. The molecule has 0 radical (unpaired) electrons. The molecule has 1 unspecified atom stereocenters.